The lowest BCUT2D eigenvalue weighted by molar-refractivity contribution is -0.734. The highest BCUT2D eigenvalue weighted by Gasteiger charge is 2.17. The van der Waals surface area contributed by atoms with Gasteiger partial charge in [-0.1, -0.05) is 35.4 Å². The molecule has 3 rings (SSSR count). The highest BCUT2D eigenvalue weighted by Crippen LogP contribution is 2.21. The number of aromatic nitrogens is 2. The van der Waals surface area contributed by atoms with E-state index in [9.17, 15) is 0 Å². The molecule has 1 aromatic heterocycles. The highest BCUT2D eigenvalue weighted by molar-refractivity contribution is 5.58. The molecule has 2 aromatic carbocycles. The highest BCUT2D eigenvalue weighted by atomic mass is 15.4. The first kappa shape index (κ1) is 10.4. The second-order valence-corrected chi connectivity index (χ2v) is 5.44. The third-order valence-corrected chi connectivity index (χ3v) is 3.78. The normalized spacial score (nSPS) is 13.6. The smallest absolute Gasteiger partial charge is 0.128 e. The van der Waals surface area contributed by atoms with Gasteiger partial charge in [-0.3, -0.25) is 0 Å². The van der Waals surface area contributed by atoms with Crippen LogP contribution in [0.15, 0.2) is 54.7 Å². The summed E-state index contributed by atoms with van der Waals surface area (Å²) < 4.78 is 27.1. The number of hydrogen-bond donors (Lipinski definition) is 0. The molecule has 0 saturated carbocycles. The van der Waals surface area contributed by atoms with Crippen LogP contribution in [0.3, 0.4) is 0 Å². The Labute approximate surface area is 130 Å². The number of aryl methyl sites for hydroxylation is 3. The molecule has 0 bridgehead atoms. The van der Waals surface area contributed by atoms with Gasteiger partial charge < -0.3 is 0 Å². The lowest BCUT2D eigenvalue weighted by atomic mass is 10.1. The molecule has 21 heavy (non-hydrogen) atoms. The van der Waals surface area contributed by atoms with Gasteiger partial charge in [-0.15, -0.1) is 9.36 Å². The van der Waals surface area contributed by atoms with Crippen LogP contribution in [0, 0.1) is 20.7 Å². The maximum atomic E-state index is 7.67. The number of hydrogen-bond acceptors (Lipinski definition) is 0. The number of para-hydroxylation sites is 1. The van der Waals surface area contributed by atoms with Crippen LogP contribution in [0.2, 0.25) is 0 Å². The minimum Gasteiger partial charge on any atom is -0.128 e. The number of rotatable bonds is 2. The van der Waals surface area contributed by atoms with Crippen LogP contribution in [0.1, 0.15) is 20.8 Å². The Hall–Kier alpha value is -2.35. The average molecular weight is 280 g/mol. The quantitative estimate of drug-likeness (QED) is 0.630. The van der Waals surface area contributed by atoms with Crippen molar-refractivity contribution in [1.29, 1.82) is 0 Å². The first-order chi connectivity index (χ1) is 11.3. The maximum absolute atomic E-state index is 7.67. The van der Waals surface area contributed by atoms with Gasteiger partial charge >= 0.3 is 0 Å². The van der Waals surface area contributed by atoms with Crippen LogP contribution < -0.4 is 4.68 Å². The van der Waals surface area contributed by atoms with E-state index in [1.165, 1.54) is 5.56 Å². The molecule has 2 heteroatoms. The van der Waals surface area contributed by atoms with Crippen molar-refractivity contribution >= 4 is 0 Å². The van der Waals surface area contributed by atoms with Crippen LogP contribution in [0.4, 0.5) is 0 Å². The second kappa shape index (κ2) is 5.21. The van der Waals surface area contributed by atoms with Crippen molar-refractivity contribution in [2.24, 2.45) is 7.05 Å². The summed E-state index contributed by atoms with van der Waals surface area (Å²) in [6, 6.07) is 15.7. The summed E-state index contributed by atoms with van der Waals surface area (Å²) in [5.41, 5.74) is 5.50. The SMILES string of the molecule is [2H]C([2H])([2H])c1cc(C)cc(-c2ccn(-c3ccccc3C)[n+]2C)c1. The molecule has 3 aromatic rings. The van der Waals surface area contributed by atoms with Gasteiger partial charge in [-0.05, 0) is 44.5 Å². The Kier molecular flexibility index (Phi) is 2.58. The molecule has 0 atom stereocenters. The van der Waals surface area contributed by atoms with Crippen LogP contribution in [0.5, 0.6) is 0 Å². The molecule has 0 aliphatic rings. The summed E-state index contributed by atoms with van der Waals surface area (Å²) in [5.74, 6) is 0. The lowest BCUT2D eigenvalue weighted by Crippen LogP contribution is -2.39. The summed E-state index contributed by atoms with van der Waals surface area (Å²) in [4.78, 5) is 0. The molecule has 0 saturated heterocycles. The van der Waals surface area contributed by atoms with Crippen molar-refractivity contribution < 1.29 is 8.79 Å². The predicted octanol–water partition coefficient (Wildman–Crippen LogP) is 3.89. The van der Waals surface area contributed by atoms with Crippen LogP contribution in [-0.4, -0.2) is 4.68 Å². The zero-order valence-corrected chi connectivity index (χ0v) is 12.6. The molecule has 0 spiro atoms. The van der Waals surface area contributed by atoms with Crippen molar-refractivity contribution in [2.75, 3.05) is 0 Å². The van der Waals surface area contributed by atoms with E-state index < -0.39 is 6.85 Å². The maximum Gasteiger partial charge on any atom is 0.238 e. The fourth-order valence-corrected chi connectivity index (χ4v) is 2.74. The monoisotopic (exact) mass is 280 g/mol. The predicted molar refractivity (Wildman–Crippen MR) is 86.6 cm³/mol. The Morgan fingerprint density at radius 3 is 2.52 bits per heavy atom. The zero-order chi connectivity index (χ0) is 17.5. The summed E-state index contributed by atoms with van der Waals surface area (Å²) in [6.07, 6.45) is 2.01. The number of benzene rings is 2. The lowest BCUT2D eigenvalue weighted by Gasteiger charge is -2.05. The van der Waals surface area contributed by atoms with Gasteiger partial charge in [0.25, 0.3) is 0 Å². The molecule has 0 fully saturated rings. The van der Waals surface area contributed by atoms with Gasteiger partial charge in [0, 0.05) is 15.7 Å². The molecule has 0 unspecified atom stereocenters. The topological polar surface area (TPSA) is 8.81 Å². The van der Waals surface area contributed by atoms with Crippen molar-refractivity contribution in [1.82, 2.24) is 4.68 Å². The zero-order valence-electron chi connectivity index (χ0n) is 15.6. The summed E-state index contributed by atoms with van der Waals surface area (Å²) in [6.45, 7) is 1.91. The van der Waals surface area contributed by atoms with Gasteiger partial charge in [0.15, 0.2) is 7.05 Å². The van der Waals surface area contributed by atoms with Crippen molar-refractivity contribution in [3.05, 3.63) is 71.4 Å². The third kappa shape index (κ3) is 2.49. The molecule has 0 amide bonds. The Balaban J connectivity index is 2.13. The Bertz CT molecular complexity index is 892. The van der Waals surface area contributed by atoms with E-state index >= 15 is 0 Å². The molecule has 106 valence electrons. The minimum absolute atomic E-state index is 0.376. The first-order valence-corrected chi connectivity index (χ1v) is 7.03. The van der Waals surface area contributed by atoms with E-state index in [1.54, 1.807) is 12.1 Å². The fourth-order valence-electron chi connectivity index (χ4n) is 2.74. The molecule has 0 aliphatic carbocycles. The standard InChI is InChI=1S/C19H21N2/c1-14-11-15(2)13-17(12-14)19-9-10-21(20(19)4)18-8-6-5-7-16(18)3/h5-13H,1-4H3/q+1/i1D3. The van der Waals surface area contributed by atoms with E-state index in [-0.39, 0.29) is 0 Å². The van der Waals surface area contributed by atoms with Gasteiger partial charge in [-0.2, -0.15) is 0 Å². The van der Waals surface area contributed by atoms with Gasteiger partial charge in [0.1, 0.15) is 5.69 Å². The van der Waals surface area contributed by atoms with Crippen LogP contribution in [0.25, 0.3) is 16.9 Å². The molecular weight excluding hydrogens is 256 g/mol. The summed E-state index contributed by atoms with van der Waals surface area (Å²) >= 11 is 0. The van der Waals surface area contributed by atoms with Crippen LogP contribution >= 0.6 is 0 Å². The largest absolute Gasteiger partial charge is 0.238 e. The van der Waals surface area contributed by atoms with E-state index in [1.807, 2.05) is 49.1 Å². The van der Waals surface area contributed by atoms with E-state index in [0.29, 0.717) is 5.56 Å². The second-order valence-electron chi connectivity index (χ2n) is 5.44. The van der Waals surface area contributed by atoms with E-state index in [2.05, 4.69) is 23.7 Å². The first-order valence-electron chi connectivity index (χ1n) is 8.53. The third-order valence-electron chi connectivity index (χ3n) is 3.78. The molecular formula is C19H21N2+. The Morgan fingerprint density at radius 1 is 1.00 bits per heavy atom. The summed E-state index contributed by atoms with van der Waals surface area (Å²) in [7, 11) is 1.99. The van der Waals surface area contributed by atoms with Crippen LogP contribution in [-0.2, 0) is 7.05 Å². The Morgan fingerprint density at radius 2 is 1.76 bits per heavy atom. The van der Waals surface area contributed by atoms with Gasteiger partial charge in [-0.25, -0.2) is 0 Å². The number of nitrogens with zero attached hydrogens (tertiary/aromatic N) is 2. The summed E-state index contributed by atoms with van der Waals surface area (Å²) in [5, 5.41) is 0. The van der Waals surface area contributed by atoms with Gasteiger partial charge in [0.05, 0.1) is 6.20 Å². The van der Waals surface area contributed by atoms with Crippen molar-refractivity contribution in [3.63, 3.8) is 0 Å². The molecule has 0 aliphatic heterocycles. The van der Waals surface area contributed by atoms with Crippen molar-refractivity contribution in [2.45, 2.75) is 20.7 Å². The van der Waals surface area contributed by atoms with E-state index in [4.69, 9.17) is 4.11 Å². The molecule has 0 N–H and O–H groups in total. The molecule has 0 radical (unpaired) electrons. The van der Waals surface area contributed by atoms with E-state index in [0.717, 1.165) is 22.5 Å². The average Bonchev–Trinajstić information content (AvgIpc) is 2.88. The van der Waals surface area contributed by atoms with Crippen molar-refractivity contribution in [3.8, 4) is 16.9 Å². The van der Waals surface area contributed by atoms with Gasteiger partial charge in [0.2, 0.25) is 5.69 Å². The molecule has 1 heterocycles. The minimum atomic E-state index is -2.10. The fraction of sp³-hybridized carbons (Fsp3) is 0.211. The molecule has 2 nitrogen and oxygen atoms in total.